The Hall–Kier alpha value is -0.820. The molecular weight excluding hydrogens is 170 g/mol. The van der Waals surface area contributed by atoms with E-state index in [-0.39, 0.29) is 0 Å². The molecule has 0 saturated heterocycles. The summed E-state index contributed by atoms with van der Waals surface area (Å²) in [6.07, 6.45) is 1.24. The van der Waals surface area contributed by atoms with Gasteiger partial charge in [0, 0.05) is 13.1 Å². The monoisotopic (exact) mass is 189 g/mol. The predicted molar refractivity (Wildman–Crippen MR) is 60.7 cm³/mol. The maximum absolute atomic E-state index is 3.50. The van der Waals surface area contributed by atoms with Gasteiger partial charge in [0.2, 0.25) is 0 Å². The Bertz CT molecular complexity index is 341. The molecule has 2 rings (SSSR count). The van der Waals surface area contributed by atoms with E-state index in [2.05, 4.69) is 38.2 Å². The summed E-state index contributed by atoms with van der Waals surface area (Å²) in [6, 6.07) is 4.64. The zero-order valence-electron chi connectivity index (χ0n) is 9.35. The molecule has 0 spiro atoms. The summed E-state index contributed by atoms with van der Waals surface area (Å²) in [4.78, 5) is 0. The van der Waals surface area contributed by atoms with E-state index in [0.717, 1.165) is 19.0 Å². The molecule has 0 aliphatic carbocycles. The SMILES string of the molecule is CCC1CNCc2cc(C)cc(C)c21. The molecule has 0 fully saturated rings. The standard InChI is InChI=1S/C13H19N/c1-4-11-7-14-8-12-6-9(2)5-10(3)13(11)12/h5-6,11,14H,4,7-8H2,1-3H3. The molecule has 1 unspecified atom stereocenters. The summed E-state index contributed by atoms with van der Waals surface area (Å²) < 4.78 is 0. The zero-order valence-corrected chi connectivity index (χ0v) is 9.35. The van der Waals surface area contributed by atoms with Crippen LogP contribution >= 0.6 is 0 Å². The van der Waals surface area contributed by atoms with E-state index >= 15 is 0 Å². The zero-order chi connectivity index (χ0) is 10.1. The Balaban J connectivity index is 2.51. The van der Waals surface area contributed by atoms with Crippen LogP contribution in [0.1, 0.15) is 41.5 Å². The maximum Gasteiger partial charge on any atom is 0.0208 e. The molecule has 1 heterocycles. The van der Waals surface area contributed by atoms with E-state index in [9.17, 15) is 0 Å². The van der Waals surface area contributed by atoms with E-state index < -0.39 is 0 Å². The van der Waals surface area contributed by atoms with Crippen molar-refractivity contribution in [2.75, 3.05) is 6.54 Å². The lowest BCUT2D eigenvalue weighted by Crippen LogP contribution is -2.28. The molecule has 1 aromatic carbocycles. The number of hydrogen-bond acceptors (Lipinski definition) is 1. The Morgan fingerprint density at radius 3 is 2.86 bits per heavy atom. The van der Waals surface area contributed by atoms with E-state index in [1.165, 1.54) is 23.1 Å². The van der Waals surface area contributed by atoms with Gasteiger partial charge in [-0.1, -0.05) is 24.6 Å². The minimum Gasteiger partial charge on any atom is -0.312 e. The Morgan fingerprint density at radius 1 is 1.36 bits per heavy atom. The highest BCUT2D eigenvalue weighted by atomic mass is 14.9. The highest BCUT2D eigenvalue weighted by Crippen LogP contribution is 2.30. The summed E-state index contributed by atoms with van der Waals surface area (Å²) in [5.74, 6) is 0.722. The van der Waals surface area contributed by atoms with Gasteiger partial charge in [0.25, 0.3) is 0 Å². The molecule has 1 aliphatic rings. The average Bonchev–Trinajstić information content (AvgIpc) is 2.16. The van der Waals surface area contributed by atoms with Crippen molar-refractivity contribution < 1.29 is 0 Å². The second kappa shape index (κ2) is 3.74. The van der Waals surface area contributed by atoms with Crippen LogP contribution in [-0.4, -0.2) is 6.54 Å². The number of aryl methyl sites for hydroxylation is 2. The van der Waals surface area contributed by atoms with Gasteiger partial charge in [-0.15, -0.1) is 0 Å². The van der Waals surface area contributed by atoms with Crippen molar-refractivity contribution in [1.29, 1.82) is 0 Å². The lowest BCUT2D eigenvalue weighted by atomic mass is 9.85. The smallest absolute Gasteiger partial charge is 0.0208 e. The maximum atomic E-state index is 3.50. The molecule has 0 radical (unpaired) electrons. The van der Waals surface area contributed by atoms with Crippen LogP contribution in [0.15, 0.2) is 12.1 Å². The first-order chi connectivity index (χ1) is 6.72. The summed E-state index contributed by atoms with van der Waals surface area (Å²) in [6.45, 7) is 8.91. The molecule has 0 saturated carbocycles. The predicted octanol–water partition coefficient (Wildman–Crippen LogP) is 2.90. The second-order valence-electron chi connectivity index (χ2n) is 4.39. The number of hydrogen-bond donors (Lipinski definition) is 1. The number of rotatable bonds is 1. The summed E-state index contributed by atoms with van der Waals surface area (Å²) in [5, 5.41) is 3.50. The number of benzene rings is 1. The van der Waals surface area contributed by atoms with Crippen LogP contribution < -0.4 is 5.32 Å². The molecule has 14 heavy (non-hydrogen) atoms. The van der Waals surface area contributed by atoms with Gasteiger partial charge in [0.15, 0.2) is 0 Å². The molecule has 76 valence electrons. The summed E-state index contributed by atoms with van der Waals surface area (Å²) >= 11 is 0. The Kier molecular flexibility index (Phi) is 2.60. The lowest BCUT2D eigenvalue weighted by Gasteiger charge is -2.27. The van der Waals surface area contributed by atoms with Crippen LogP contribution in [0.5, 0.6) is 0 Å². The van der Waals surface area contributed by atoms with Crippen LogP contribution in [0.4, 0.5) is 0 Å². The fraction of sp³-hybridized carbons (Fsp3) is 0.538. The van der Waals surface area contributed by atoms with Gasteiger partial charge in [0.05, 0.1) is 0 Å². The quantitative estimate of drug-likeness (QED) is 0.716. The third-order valence-electron chi connectivity index (χ3n) is 3.22. The molecule has 1 aromatic rings. The second-order valence-corrected chi connectivity index (χ2v) is 4.39. The minimum atomic E-state index is 0.722. The first-order valence-corrected chi connectivity index (χ1v) is 5.53. The Labute approximate surface area is 86.5 Å². The fourth-order valence-corrected chi connectivity index (χ4v) is 2.63. The highest BCUT2D eigenvalue weighted by Gasteiger charge is 2.20. The van der Waals surface area contributed by atoms with Gasteiger partial charge in [-0.05, 0) is 42.9 Å². The topological polar surface area (TPSA) is 12.0 Å². The highest BCUT2D eigenvalue weighted by molar-refractivity contribution is 5.42. The third-order valence-corrected chi connectivity index (χ3v) is 3.22. The summed E-state index contributed by atoms with van der Waals surface area (Å²) in [5.41, 5.74) is 5.99. The molecule has 1 N–H and O–H groups in total. The molecule has 1 heteroatoms. The molecule has 0 bridgehead atoms. The van der Waals surface area contributed by atoms with E-state index in [4.69, 9.17) is 0 Å². The normalized spacial score (nSPS) is 20.6. The minimum absolute atomic E-state index is 0.722. The Morgan fingerprint density at radius 2 is 2.14 bits per heavy atom. The van der Waals surface area contributed by atoms with Crippen LogP contribution in [0, 0.1) is 13.8 Å². The van der Waals surface area contributed by atoms with Crippen molar-refractivity contribution in [2.24, 2.45) is 0 Å². The van der Waals surface area contributed by atoms with Crippen LogP contribution in [-0.2, 0) is 6.54 Å². The van der Waals surface area contributed by atoms with Crippen LogP contribution in [0.2, 0.25) is 0 Å². The first kappa shape index (κ1) is 9.72. The van der Waals surface area contributed by atoms with Crippen molar-refractivity contribution in [1.82, 2.24) is 5.32 Å². The molecule has 0 aromatic heterocycles. The largest absolute Gasteiger partial charge is 0.312 e. The van der Waals surface area contributed by atoms with Gasteiger partial charge < -0.3 is 5.32 Å². The third kappa shape index (κ3) is 1.57. The van der Waals surface area contributed by atoms with Crippen molar-refractivity contribution >= 4 is 0 Å². The molecule has 1 atom stereocenters. The van der Waals surface area contributed by atoms with E-state index in [1.807, 2.05) is 0 Å². The van der Waals surface area contributed by atoms with Crippen molar-refractivity contribution in [2.45, 2.75) is 39.7 Å². The van der Waals surface area contributed by atoms with Crippen LogP contribution in [0.3, 0.4) is 0 Å². The lowest BCUT2D eigenvalue weighted by molar-refractivity contribution is 0.527. The fourth-order valence-electron chi connectivity index (χ4n) is 2.63. The molecule has 0 amide bonds. The number of nitrogens with one attached hydrogen (secondary N) is 1. The number of fused-ring (bicyclic) bond motifs is 1. The van der Waals surface area contributed by atoms with Crippen molar-refractivity contribution in [3.05, 3.63) is 34.4 Å². The molecular formula is C13H19N. The van der Waals surface area contributed by atoms with E-state index in [1.54, 1.807) is 5.56 Å². The van der Waals surface area contributed by atoms with Crippen molar-refractivity contribution in [3.8, 4) is 0 Å². The average molecular weight is 189 g/mol. The molecule has 1 nitrogen and oxygen atoms in total. The molecule has 1 aliphatic heterocycles. The van der Waals surface area contributed by atoms with Gasteiger partial charge >= 0.3 is 0 Å². The summed E-state index contributed by atoms with van der Waals surface area (Å²) in [7, 11) is 0. The van der Waals surface area contributed by atoms with Crippen molar-refractivity contribution in [3.63, 3.8) is 0 Å². The van der Waals surface area contributed by atoms with Gasteiger partial charge in [-0.2, -0.15) is 0 Å². The van der Waals surface area contributed by atoms with Gasteiger partial charge in [-0.25, -0.2) is 0 Å². The first-order valence-electron chi connectivity index (χ1n) is 5.53. The van der Waals surface area contributed by atoms with Gasteiger partial charge in [0.1, 0.15) is 0 Å². The van der Waals surface area contributed by atoms with Crippen LogP contribution in [0.25, 0.3) is 0 Å². The van der Waals surface area contributed by atoms with Gasteiger partial charge in [-0.3, -0.25) is 0 Å². The van der Waals surface area contributed by atoms with E-state index in [0.29, 0.717) is 0 Å².